The Kier molecular flexibility index (Phi) is 3.67. The fourth-order valence-electron chi connectivity index (χ4n) is 2.13. The number of hydrogen-bond donors (Lipinski definition) is 1. The highest BCUT2D eigenvalue weighted by atomic mass is 35.5. The molecule has 0 radical (unpaired) electrons. The number of aromatic nitrogens is 3. The van der Waals surface area contributed by atoms with Gasteiger partial charge in [-0.2, -0.15) is 0 Å². The molecule has 0 aliphatic heterocycles. The summed E-state index contributed by atoms with van der Waals surface area (Å²) in [7, 11) is 0. The molecule has 0 bridgehead atoms. The van der Waals surface area contributed by atoms with Gasteiger partial charge in [-0.1, -0.05) is 11.6 Å². The van der Waals surface area contributed by atoms with Gasteiger partial charge in [-0.05, 0) is 36.8 Å². The van der Waals surface area contributed by atoms with Crippen LogP contribution in [-0.2, 0) is 6.54 Å². The van der Waals surface area contributed by atoms with Crippen LogP contribution < -0.4 is 5.32 Å². The van der Waals surface area contributed by atoms with Crippen LogP contribution >= 0.6 is 11.6 Å². The molecule has 3 aromatic heterocycles. The van der Waals surface area contributed by atoms with Crippen molar-refractivity contribution in [3.63, 3.8) is 0 Å². The molecule has 1 N–H and O–H groups in total. The zero-order valence-corrected chi connectivity index (χ0v) is 11.9. The van der Waals surface area contributed by atoms with E-state index in [-0.39, 0.29) is 6.04 Å². The monoisotopic (exact) mass is 286 g/mol. The number of fused-ring (bicyclic) bond motifs is 1. The lowest BCUT2D eigenvalue weighted by Gasteiger charge is -2.12. The van der Waals surface area contributed by atoms with E-state index in [4.69, 9.17) is 11.6 Å². The maximum absolute atomic E-state index is 5.97. The Morgan fingerprint density at radius 3 is 2.80 bits per heavy atom. The standard InChI is InChI=1S/C15H15ClN4/c1-11(12-4-6-17-7-5-12)18-8-14-10-20-9-13(16)2-3-15(20)19-14/h2-7,9-11,18H,8H2,1H3/t11-/m0/s1. The first kappa shape index (κ1) is 13.1. The summed E-state index contributed by atoms with van der Waals surface area (Å²) in [4.78, 5) is 8.58. The predicted octanol–water partition coefficient (Wildman–Crippen LogP) is 3.23. The third-order valence-electron chi connectivity index (χ3n) is 3.26. The van der Waals surface area contributed by atoms with Gasteiger partial charge in [-0.15, -0.1) is 0 Å². The van der Waals surface area contributed by atoms with Crippen molar-refractivity contribution in [1.29, 1.82) is 0 Å². The molecule has 4 nitrogen and oxygen atoms in total. The minimum Gasteiger partial charge on any atom is -0.305 e. The molecule has 0 saturated heterocycles. The van der Waals surface area contributed by atoms with Crippen LogP contribution in [0.3, 0.4) is 0 Å². The zero-order valence-electron chi connectivity index (χ0n) is 11.1. The molecule has 102 valence electrons. The first-order chi connectivity index (χ1) is 9.72. The highest BCUT2D eigenvalue weighted by Crippen LogP contribution is 2.14. The number of imidazole rings is 1. The average molecular weight is 287 g/mol. The van der Waals surface area contributed by atoms with E-state index >= 15 is 0 Å². The Hall–Kier alpha value is -1.91. The van der Waals surface area contributed by atoms with E-state index in [1.165, 1.54) is 5.56 Å². The van der Waals surface area contributed by atoms with E-state index in [0.29, 0.717) is 11.6 Å². The molecule has 3 aromatic rings. The van der Waals surface area contributed by atoms with Crippen molar-refractivity contribution in [2.45, 2.75) is 19.5 Å². The molecular formula is C15H15ClN4. The molecule has 3 heterocycles. The van der Waals surface area contributed by atoms with E-state index in [1.54, 1.807) is 12.4 Å². The highest BCUT2D eigenvalue weighted by molar-refractivity contribution is 6.30. The molecule has 1 atom stereocenters. The van der Waals surface area contributed by atoms with Crippen LogP contribution in [0, 0.1) is 0 Å². The lowest BCUT2D eigenvalue weighted by molar-refractivity contribution is 0.568. The number of nitrogens with one attached hydrogen (secondary N) is 1. The molecule has 20 heavy (non-hydrogen) atoms. The SMILES string of the molecule is C[C@H](NCc1cn2cc(Cl)ccc2n1)c1ccncc1. The second kappa shape index (κ2) is 5.61. The highest BCUT2D eigenvalue weighted by Gasteiger charge is 2.06. The van der Waals surface area contributed by atoms with Crippen LogP contribution in [0.2, 0.25) is 5.02 Å². The van der Waals surface area contributed by atoms with Gasteiger partial charge >= 0.3 is 0 Å². The average Bonchev–Trinajstić information content (AvgIpc) is 2.87. The first-order valence-electron chi connectivity index (χ1n) is 6.49. The van der Waals surface area contributed by atoms with Crippen LogP contribution in [0.25, 0.3) is 5.65 Å². The molecular weight excluding hydrogens is 272 g/mol. The lowest BCUT2D eigenvalue weighted by atomic mass is 10.1. The van der Waals surface area contributed by atoms with Gasteiger partial charge in [-0.25, -0.2) is 4.98 Å². The van der Waals surface area contributed by atoms with Crippen LogP contribution in [0.4, 0.5) is 0 Å². The second-order valence-corrected chi connectivity index (χ2v) is 5.16. The van der Waals surface area contributed by atoms with Crippen LogP contribution in [0.5, 0.6) is 0 Å². The Morgan fingerprint density at radius 1 is 1.20 bits per heavy atom. The number of pyridine rings is 2. The lowest BCUT2D eigenvalue weighted by Crippen LogP contribution is -2.18. The fraction of sp³-hybridized carbons (Fsp3) is 0.200. The predicted molar refractivity (Wildman–Crippen MR) is 79.7 cm³/mol. The summed E-state index contributed by atoms with van der Waals surface area (Å²) in [6.45, 7) is 2.84. The molecule has 0 fully saturated rings. The maximum atomic E-state index is 5.97. The third kappa shape index (κ3) is 2.81. The third-order valence-corrected chi connectivity index (χ3v) is 3.48. The zero-order chi connectivity index (χ0) is 13.9. The van der Waals surface area contributed by atoms with Gasteiger partial charge in [0.15, 0.2) is 0 Å². The molecule has 0 spiro atoms. The Labute approximate surface area is 122 Å². The molecule has 0 saturated carbocycles. The molecule has 0 unspecified atom stereocenters. The van der Waals surface area contributed by atoms with Crippen molar-refractivity contribution in [3.8, 4) is 0 Å². The van der Waals surface area contributed by atoms with Gasteiger partial charge in [0, 0.05) is 37.4 Å². The Balaban J connectivity index is 1.71. The van der Waals surface area contributed by atoms with Gasteiger partial charge in [0.05, 0.1) is 10.7 Å². The van der Waals surface area contributed by atoms with Crippen molar-refractivity contribution in [3.05, 3.63) is 65.3 Å². The second-order valence-electron chi connectivity index (χ2n) is 4.73. The number of hydrogen-bond acceptors (Lipinski definition) is 3. The van der Waals surface area contributed by atoms with Crippen molar-refractivity contribution in [2.75, 3.05) is 0 Å². The summed E-state index contributed by atoms with van der Waals surface area (Å²) < 4.78 is 1.94. The quantitative estimate of drug-likeness (QED) is 0.801. The molecule has 0 amide bonds. The van der Waals surface area contributed by atoms with Crippen LogP contribution in [0.1, 0.15) is 24.2 Å². The normalized spacial score (nSPS) is 12.7. The van der Waals surface area contributed by atoms with E-state index in [9.17, 15) is 0 Å². The van der Waals surface area contributed by atoms with Crippen LogP contribution in [-0.4, -0.2) is 14.4 Å². The van der Waals surface area contributed by atoms with Gasteiger partial charge in [0.1, 0.15) is 5.65 Å². The smallest absolute Gasteiger partial charge is 0.137 e. The Morgan fingerprint density at radius 2 is 2.00 bits per heavy atom. The van der Waals surface area contributed by atoms with Crippen molar-refractivity contribution >= 4 is 17.2 Å². The summed E-state index contributed by atoms with van der Waals surface area (Å²) in [5.74, 6) is 0. The summed E-state index contributed by atoms with van der Waals surface area (Å²) in [5.41, 5.74) is 3.11. The molecule has 0 aliphatic rings. The van der Waals surface area contributed by atoms with E-state index in [2.05, 4.69) is 22.2 Å². The molecule has 0 aliphatic carbocycles. The van der Waals surface area contributed by atoms with Crippen molar-refractivity contribution in [1.82, 2.24) is 19.7 Å². The van der Waals surface area contributed by atoms with E-state index in [1.807, 2.05) is 41.1 Å². The Bertz CT molecular complexity index is 708. The summed E-state index contributed by atoms with van der Waals surface area (Å²) in [6, 6.07) is 8.05. The van der Waals surface area contributed by atoms with Crippen LogP contribution in [0.15, 0.2) is 49.1 Å². The summed E-state index contributed by atoms with van der Waals surface area (Å²) in [6.07, 6.45) is 7.47. The molecule has 3 rings (SSSR count). The number of rotatable bonds is 4. The van der Waals surface area contributed by atoms with E-state index < -0.39 is 0 Å². The topological polar surface area (TPSA) is 42.2 Å². The first-order valence-corrected chi connectivity index (χ1v) is 6.86. The largest absolute Gasteiger partial charge is 0.305 e. The minimum absolute atomic E-state index is 0.256. The van der Waals surface area contributed by atoms with E-state index in [0.717, 1.165) is 11.3 Å². The summed E-state index contributed by atoms with van der Waals surface area (Å²) in [5, 5.41) is 4.16. The molecule has 5 heteroatoms. The number of halogens is 1. The maximum Gasteiger partial charge on any atom is 0.137 e. The van der Waals surface area contributed by atoms with Crippen molar-refractivity contribution in [2.24, 2.45) is 0 Å². The number of nitrogens with zero attached hydrogens (tertiary/aromatic N) is 3. The van der Waals surface area contributed by atoms with Gasteiger partial charge < -0.3 is 9.72 Å². The van der Waals surface area contributed by atoms with Gasteiger partial charge in [-0.3, -0.25) is 4.98 Å². The summed E-state index contributed by atoms with van der Waals surface area (Å²) >= 11 is 5.97. The van der Waals surface area contributed by atoms with Gasteiger partial charge in [0.2, 0.25) is 0 Å². The van der Waals surface area contributed by atoms with Crippen molar-refractivity contribution < 1.29 is 0 Å². The molecule has 0 aromatic carbocycles. The fourth-order valence-corrected chi connectivity index (χ4v) is 2.30. The van der Waals surface area contributed by atoms with Gasteiger partial charge in [0.25, 0.3) is 0 Å². The minimum atomic E-state index is 0.256.